The number of aromatic nitrogens is 3. The molecule has 0 saturated carbocycles. The number of nitrogens with zero attached hydrogens (tertiary/aromatic N) is 5. The van der Waals surface area contributed by atoms with Crippen molar-refractivity contribution in [2.24, 2.45) is 5.92 Å². The van der Waals surface area contributed by atoms with Gasteiger partial charge in [0.15, 0.2) is 5.13 Å². The number of hydrogen-bond donors (Lipinski definition) is 0. The fourth-order valence-electron chi connectivity index (χ4n) is 3.85. The minimum absolute atomic E-state index is 0.257. The van der Waals surface area contributed by atoms with Crippen LogP contribution in [-0.2, 0) is 17.8 Å². The average Bonchev–Trinajstić information content (AvgIpc) is 3.06. The first-order chi connectivity index (χ1) is 13.3. The molecule has 6 nitrogen and oxygen atoms in total. The third-order valence-electron chi connectivity index (χ3n) is 5.38. The molecule has 2 aromatic heterocycles. The summed E-state index contributed by atoms with van der Waals surface area (Å²) < 4.78 is 2.10. The van der Waals surface area contributed by atoms with Crippen LogP contribution in [0.5, 0.6) is 0 Å². The first-order valence-electron chi connectivity index (χ1n) is 10.3. The van der Waals surface area contributed by atoms with Crippen LogP contribution in [0, 0.1) is 26.7 Å². The van der Waals surface area contributed by atoms with Crippen molar-refractivity contribution in [3.05, 3.63) is 28.0 Å². The van der Waals surface area contributed by atoms with Crippen molar-refractivity contribution < 1.29 is 4.79 Å². The predicted octanol–water partition coefficient (Wildman–Crippen LogP) is 3.59. The summed E-state index contributed by atoms with van der Waals surface area (Å²) >= 11 is 1.69. The Kier molecular flexibility index (Phi) is 6.75. The number of rotatable bonds is 6. The van der Waals surface area contributed by atoms with Crippen LogP contribution in [0.3, 0.4) is 0 Å². The zero-order valence-corrected chi connectivity index (χ0v) is 18.7. The molecule has 0 aliphatic carbocycles. The van der Waals surface area contributed by atoms with Gasteiger partial charge >= 0.3 is 0 Å². The average molecular weight is 404 g/mol. The molecule has 0 N–H and O–H groups in total. The molecule has 1 fully saturated rings. The predicted molar refractivity (Wildman–Crippen MR) is 115 cm³/mol. The molecule has 2 aromatic rings. The molecule has 0 atom stereocenters. The van der Waals surface area contributed by atoms with E-state index in [0.29, 0.717) is 12.3 Å². The monoisotopic (exact) mass is 403 g/mol. The van der Waals surface area contributed by atoms with Gasteiger partial charge in [-0.25, -0.2) is 4.98 Å². The van der Waals surface area contributed by atoms with Crippen LogP contribution in [0.1, 0.15) is 49.3 Å². The van der Waals surface area contributed by atoms with E-state index < -0.39 is 0 Å². The number of thiazole rings is 1. The minimum atomic E-state index is 0.257. The van der Waals surface area contributed by atoms with Crippen molar-refractivity contribution in [1.29, 1.82) is 0 Å². The Bertz CT molecular complexity index is 810. The molecule has 7 heteroatoms. The maximum atomic E-state index is 12.8. The molecular weight excluding hydrogens is 370 g/mol. The first-order valence-corrected chi connectivity index (χ1v) is 11.2. The fourth-order valence-corrected chi connectivity index (χ4v) is 4.71. The maximum absolute atomic E-state index is 12.8. The van der Waals surface area contributed by atoms with Crippen LogP contribution in [0.2, 0.25) is 0 Å². The van der Waals surface area contributed by atoms with E-state index in [-0.39, 0.29) is 5.91 Å². The van der Waals surface area contributed by atoms with Gasteiger partial charge in [-0.1, -0.05) is 13.8 Å². The van der Waals surface area contributed by atoms with E-state index >= 15 is 0 Å². The second kappa shape index (κ2) is 9.07. The van der Waals surface area contributed by atoms with Crippen LogP contribution < -0.4 is 4.90 Å². The zero-order chi connectivity index (χ0) is 20.3. The molecule has 1 aliphatic heterocycles. The molecule has 1 amide bonds. The Morgan fingerprint density at radius 1 is 1.18 bits per heavy atom. The van der Waals surface area contributed by atoms with Crippen LogP contribution in [0.15, 0.2) is 5.38 Å². The Balaban J connectivity index is 1.56. The third-order valence-corrected chi connectivity index (χ3v) is 6.40. The molecule has 0 aromatic carbocycles. The topological polar surface area (TPSA) is 54.3 Å². The first kappa shape index (κ1) is 20.8. The van der Waals surface area contributed by atoms with E-state index in [1.165, 1.54) is 11.3 Å². The molecule has 1 saturated heterocycles. The van der Waals surface area contributed by atoms with Gasteiger partial charge in [-0.3, -0.25) is 9.48 Å². The van der Waals surface area contributed by atoms with Gasteiger partial charge in [0.2, 0.25) is 5.91 Å². The van der Waals surface area contributed by atoms with Gasteiger partial charge in [-0.2, -0.15) is 5.10 Å². The second-order valence-corrected chi connectivity index (χ2v) is 9.05. The van der Waals surface area contributed by atoms with E-state index in [0.717, 1.165) is 62.1 Å². The second-order valence-electron chi connectivity index (χ2n) is 8.22. The SMILES string of the molecule is Cc1csc(N2CCCN(C(=O)CCc3c(C)nn(CC(C)C)c3C)CC2)n1. The van der Waals surface area contributed by atoms with E-state index in [4.69, 9.17) is 0 Å². The lowest BCUT2D eigenvalue weighted by Gasteiger charge is -2.21. The number of carbonyl (C=O) groups excluding carboxylic acids is 1. The van der Waals surface area contributed by atoms with Gasteiger partial charge in [0, 0.05) is 50.2 Å². The Morgan fingerprint density at radius 2 is 1.96 bits per heavy atom. The number of carbonyl (C=O) groups is 1. The van der Waals surface area contributed by atoms with Gasteiger partial charge in [0.05, 0.1) is 11.4 Å². The largest absolute Gasteiger partial charge is 0.346 e. The summed E-state index contributed by atoms with van der Waals surface area (Å²) in [4.78, 5) is 21.8. The highest BCUT2D eigenvalue weighted by atomic mass is 32.1. The number of hydrogen-bond acceptors (Lipinski definition) is 5. The molecule has 28 heavy (non-hydrogen) atoms. The van der Waals surface area contributed by atoms with Gasteiger partial charge < -0.3 is 9.80 Å². The normalized spacial score (nSPS) is 15.4. The van der Waals surface area contributed by atoms with Crippen molar-refractivity contribution in [2.45, 2.75) is 60.4 Å². The molecule has 0 spiro atoms. The number of aryl methyl sites for hydroxylation is 2. The van der Waals surface area contributed by atoms with Crippen molar-refractivity contribution in [3.8, 4) is 0 Å². The summed E-state index contributed by atoms with van der Waals surface area (Å²) in [6.45, 7) is 15.0. The Hall–Kier alpha value is -1.89. The quantitative estimate of drug-likeness (QED) is 0.740. The Morgan fingerprint density at radius 3 is 2.64 bits per heavy atom. The summed E-state index contributed by atoms with van der Waals surface area (Å²) in [6, 6.07) is 0. The van der Waals surface area contributed by atoms with Gasteiger partial charge in [-0.15, -0.1) is 11.3 Å². The lowest BCUT2D eigenvalue weighted by molar-refractivity contribution is -0.130. The molecule has 154 valence electrons. The van der Waals surface area contributed by atoms with E-state index in [1.54, 1.807) is 11.3 Å². The van der Waals surface area contributed by atoms with Crippen molar-refractivity contribution >= 4 is 22.4 Å². The van der Waals surface area contributed by atoms with Crippen molar-refractivity contribution in [2.75, 3.05) is 31.1 Å². The summed E-state index contributed by atoms with van der Waals surface area (Å²) in [5.74, 6) is 0.821. The maximum Gasteiger partial charge on any atom is 0.222 e. The molecule has 3 rings (SSSR count). The molecular formula is C21H33N5OS. The lowest BCUT2D eigenvalue weighted by Crippen LogP contribution is -2.35. The highest BCUT2D eigenvalue weighted by Crippen LogP contribution is 2.22. The smallest absolute Gasteiger partial charge is 0.222 e. The van der Waals surface area contributed by atoms with E-state index in [1.807, 2.05) is 11.8 Å². The highest BCUT2D eigenvalue weighted by molar-refractivity contribution is 7.13. The molecule has 0 radical (unpaired) electrons. The van der Waals surface area contributed by atoms with E-state index in [2.05, 4.69) is 52.7 Å². The fraction of sp³-hybridized carbons (Fsp3) is 0.667. The minimum Gasteiger partial charge on any atom is -0.346 e. The van der Waals surface area contributed by atoms with Gasteiger partial charge in [0.25, 0.3) is 0 Å². The summed E-state index contributed by atoms with van der Waals surface area (Å²) in [5.41, 5.74) is 4.58. The van der Waals surface area contributed by atoms with Crippen LogP contribution in [0.25, 0.3) is 0 Å². The number of amides is 1. The van der Waals surface area contributed by atoms with Crippen LogP contribution in [0.4, 0.5) is 5.13 Å². The van der Waals surface area contributed by atoms with Crippen molar-refractivity contribution in [3.63, 3.8) is 0 Å². The third kappa shape index (κ3) is 4.93. The van der Waals surface area contributed by atoms with Crippen LogP contribution in [-0.4, -0.2) is 51.8 Å². The molecule has 0 unspecified atom stereocenters. The summed E-state index contributed by atoms with van der Waals surface area (Å²) in [6.07, 6.45) is 2.33. The molecule has 3 heterocycles. The highest BCUT2D eigenvalue weighted by Gasteiger charge is 2.21. The lowest BCUT2D eigenvalue weighted by atomic mass is 10.1. The molecule has 1 aliphatic rings. The van der Waals surface area contributed by atoms with Gasteiger partial charge in [-0.05, 0) is 45.1 Å². The van der Waals surface area contributed by atoms with Crippen LogP contribution >= 0.6 is 11.3 Å². The molecule has 0 bridgehead atoms. The standard InChI is InChI=1S/C21H33N5OS/c1-15(2)13-26-18(5)19(17(4)23-26)7-8-20(27)24-9-6-10-25(12-11-24)21-22-16(3)14-28-21/h14-15H,6-13H2,1-5H3. The van der Waals surface area contributed by atoms with Gasteiger partial charge in [0.1, 0.15) is 0 Å². The van der Waals surface area contributed by atoms with E-state index in [9.17, 15) is 4.79 Å². The number of anilines is 1. The summed E-state index contributed by atoms with van der Waals surface area (Å²) in [7, 11) is 0. The zero-order valence-electron chi connectivity index (χ0n) is 17.9. The Labute approximate surface area is 172 Å². The summed E-state index contributed by atoms with van der Waals surface area (Å²) in [5, 5.41) is 7.85. The van der Waals surface area contributed by atoms with Crippen molar-refractivity contribution in [1.82, 2.24) is 19.7 Å².